The minimum Gasteiger partial charge on any atom is -0.494 e. The zero-order chi connectivity index (χ0) is 23.0. The molecular weight excluding hydrogens is 416 g/mol. The molecule has 2 aromatic rings. The number of piperidine rings is 3. The van der Waals surface area contributed by atoms with E-state index in [4.69, 9.17) is 14.2 Å². The van der Waals surface area contributed by atoms with Crippen molar-refractivity contribution in [1.82, 2.24) is 10.2 Å². The van der Waals surface area contributed by atoms with Gasteiger partial charge in [-0.05, 0) is 68.1 Å². The Kier molecular flexibility index (Phi) is 5.95. The van der Waals surface area contributed by atoms with E-state index in [-0.39, 0.29) is 23.7 Å². The number of benzene rings is 2. The third kappa shape index (κ3) is 4.54. The van der Waals surface area contributed by atoms with E-state index in [1.54, 1.807) is 0 Å². The van der Waals surface area contributed by atoms with E-state index >= 15 is 0 Å². The van der Waals surface area contributed by atoms with Crippen LogP contribution in [0.25, 0.3) is 11.1 Å². The Balaban J connectivity index is 1.32. The molecule has 6 nitrogen and oxygen atoms in total. The minimum atomic E-state index is -0.324. The summed E-state index contributed by atoms with van der Waals surface area (Å²) in [4.78, 5) is 15.3. The number of carbonyl (C=O) groups is 1. The Bertz CT molecular complexity index is 996. The molecule has 0 aliphatic carbocycles. The van der Waals surface area contributed by atoms with Crippen LogP contribution in [0.5, 0.6) is 11.5 Å². The molecule has 176 valence electrons. The Morgan fingerprint density at radius 2 is 1.85 bits per heavy atom. The summed E-state index contributed by atoms with van der Waals surface area (Å²) in [5.74, 6) is 2.17. The maximum Gasteiger partial charge on any atom is 0.407 e. The van der Waals surface area contributed by atoms with Crippen molar-refractivity contribution < 1.29 is 19.0 Å². The molecule has 0 radical (unpaired) electrons. The molecule has 1 N–H and O–H groups in total. The van der Waals surface area contributed by atoms with Gasteiger partial charge in [-0.15, -0.1) is 0 Å². The van der Waals surface area contributed by atoms with Crippen LogP contribution in [0, 0.1) is 11.3 Å². The van der Waals surface area contributed by atoms with Crippen molar-refractivity contribution in [3.8, 4) is 22.6 Å². The van der Waals surface area contributed by atoms with E-state index in [9.17, 15) is 4.79 Å². The highest BCUT2D eigenvalue weighted by Gasteiger charge is 2.41. The van der Waals surface area contributed by atoms with Crippen molar-refractivity contribution in [1.29, 1.82) is 0 Å². The van der Waals surface area contributed by atoms with Crippen molar-refractivity contribution >= 4 is 6.09 Å². The molecule has 4 aliphatic heterocycles. The summed E-state index contributed by atoms with van der Waals surface area (Å²) in [5, 5.41) is 3.18. The second-order valence-electron chi connectivity index (χ2n) is 10.1. The van der Waals surface area contributed by atoms with Crippen LogP contribution in [0.4, 0.5) is 4.79 Å². The molecule has 0 aromatic heterocycles. The first-order chi connectivity index (χ1) is 15.9. The van der Waals surface area contributed by atoms with Gasteiger partial charge in [-0.3, -0.25) is 4.90 Å². The van der Waals surface area contributed by atoms with E-state index in [0.29, 0.717) is 19.1 Å². The van der Waals surface area contributed by atoms with Crippen LogP contribution >= 0.6 is 0 Å². The second kappa shape index (κ2) is 8.90. The molecule has 4 aliphatic rings. The van der Waals surface area contributed by atoms with Crippen molar-refractivity contribution in [2.45, 2.75) is 45.8 Å². The van der Waals surface area contributed by atoms with Crippen molar-refractivity contribution in [2.24, 2.45) is 11.3 Å². The van der Waals surface area contributed by atoms with Crippen molar-refractivity contribution in [3.63, 3.8) is 0 Å². The molecule has 2 atom stereocenters. The normalized spacial score (nSPS) is 27.2. The van der Waals surface area contributed by atoms with Gasteiger partial charge < -0.3 is 19.5 Å². The Hall–Kier alpha value is -2.73. The lowest BCUT2D eigenvalue weighted by atomic mass is 9.78. The molecular formula is C27H34N2O4. The Morgan fingerprint density at radius 3 is 2.52 bits per heavy atom. The van der Waals surface area contributed by atoms with Crippen LogP contribution in [-0.4, -0.2) is 49.9 Å². The lowest BCUT2D eigenvalue weighted by Gasteiger charge is -2.44. The van der Waals surface area contributed by atoms with Gasteiger partial charge in [0.25, 0.3) is 0 Å². The SMILES string of the molecule is CCOc1ccc(-c2ccc3c(c2)OCC(C)(C)C3NC(=O)O[C@H]2CN3CCC2CC3)cc1. The third-order valence-electron chi connectivity index (χ3n) is 7.32. The van der Waals surface area contributed by atoms with E-state index < -0.39 is 0 Å². The summed E-state index contributed by atoms with van der Waals surface area (Å²) < 4.78 is 17.6. The van der Waals surface area contributed by atoms with Gasteiger partial charge in [0.1, 0.15) is 17.6 Å². The lowest BCUT2D eigenvalue weighted by molar-refractivity contribution is -0.0361. The second-order valence-corrected chi connectivity index (χ2v) is 10.1. The van der Waals surface area contributed by atoms with Gasteiger partial charge in [0.05, 0.1) is 19.3 Å². The first-order valence-corrected chi connectivity index (χ1v) is 12.1. The van der Waals surface area contributed by atoms with E-state index in [2.05, 4.69) is 54.4 Å². The van der Waals surface area contributed by atoms with Crippen LogP contribution in [-0.2, 0) is 4.74 Å². The minimum absolute atomic E-state index is 0.00282. The Morgan fingerprint density at radius 1 is 1.12 bits per heavy atom. The molecule has 6 rings (SSSR count). The molecule has 0 saturated carbocycles. The van der Waals surface area contributed by atoms with Crippen LogP contribution < -0.4 is 14.8 Å². The molecule has 6 heteroatoms. The predicted molar refractivity (Wildman–Crippen MR) is 128 cm³/mol. The fourth-order valence-corrected chi connectivity index (χ4v) is 5.36. The largest absolute Gasteiger partial charge is 0.494 e. The Labute approximate surface area is 196 Å². The standard InChI is InChI=1S/C27H34N2O4/c1-4-31-21-8-5-18(6-9-21)20-7-10-22-23(15-20)32-17-27(2,3)25(22)28-26(30)33-24-16-29-13-11-19(24)12-14-29/h5-10,15,19,24-25H,4,11-14,16-17H2,1-3H3,(H,28,30)/t24-,25?/m0/s1. The predicted octanol–water partition coefficient (Wildman–Crippen LogP) is 5.03. The first-order valence-electron chi connectivity index (χ1n) is 12.1. The number of hydrogen-bond donors (Lipinski definition) is 1. The smallest absolute Gasteiger partial charge is 0.407 e. The summed E-state index contributed by atoms with van der Waals surface area (Å²) >= 11 is 0. The van der Waals surface area contributed by atoms with Gasteiger partial charge in [-0.25, -0.2) is 4.79 Å². The summed E-state index contributed by atoms with van der Waals surface area (Å²) in [6.45, 7) is 10.5. The highest BCUT2D eigenvalue weighted by Crippen LogP contribution is 2.44. The third-order valence-corrected chi connectivity index (χ3v) is 7.32. The average Bonchev–Trinajstić information content (AvgIpc) is 2.82. The van der Waals surface area contributed by atoms with Crippen LogP contribution in [0.1, 0.15) is 45.2 Å². The number of amides is 1. The lowest BCUT2D eigenvalue weighted by Crippen LogP contribution is -2.53. The van der Waals surface area contributed by atoms with Gasteiger partial charge in [-0.2, -0.15) is 0 Å². The number of alkyl carbamates (subject to hydrolysis) is 1. The van der Waals surface area contributed by atoms with E-state index in [0.717, 1.165) is 60.7 Å². The molecule has 2 aromatic carbocycles. The monoisotopic (exact) mass is 450 g/mol. The van der Waals surface area contributed by atoms with E-state index in [1.165, 1.54) is 0 Å². The average molecular weight is 451 g/mol. The molecule has 2 bridgehead atoms. The van der Waals surface area contributed by atoms with E-state index in [1.807, 2.05) is 19.1 Å². The van der Waals surface area contributed by atoms with Crippen LogP contribution in [0.15, 0.2) is 42.5 Å². The number of rotatable bonds is 5. The van der Waals surface area contributed by atoms with Crippen molar-refractivity contribution in [3.05, 3.63) is 48.0 Å². The van der Waals surface area contributed by atoms with Gasteiger partial charge in [0.2, 0.25) is 0 Å². The number of ether oxygens (including phenoxy) is 3. The fourth-order valence-electron chi connectivity index (χ4n) is 5.36. The summed E-state index contributed by atoms with van der Waals surface area (Å²) in [5.41, 5.74) is 2.92. The number of nitrogens with one attached hydrogen (secondary N) is 1. The fraction of sp³-hybridized carbons (Fsp3) is 0.519. The maximum atomic E-state index is 12.9. The molecule has 3 fully saturated rings. The number of hydrogen-bond acceptors (Lipinski definition) is 5. The zero-order valence-corrected chi connectivity index (χ0v) is 19.8. The zero-order valence-electron chi connectivity index (χ0n) is 19.8. The van der Waals surface area contributed by atoms with Crippen LogP contribution in [0.2, 0.25) is 0 Å². The van der Waals surface area contributed by atoms with Gasteiger partial charge >= 0.3 is 6.09 Å². The topological polar surface area (TPSA) is 60.0 Å². The molecule has 0 spiro atoms. The van der Waals surface area contributed by atoms with Gasteiger partial charge in [0, 0.05) is 17.5 Å². The summed E-state index contributed by atoms with van der Waals surface area (Å²) in [7, 11) is 0. The number of fused-ring (bicyclic) bond motifs is 4. The van der Waals surface area contributed by atoms with Gasteiger partial charge in [0.15, 0.2) is 0 Å². The van der Waals surface area contributed by atoms with Crippen molar-refractivity contribution in [2.75, 3.05) is 32.8 Å². The number of nitrogens with zero attached hydrogens (tertiary/aromatic N) is 1. The molecule has 4 heterocycles. The summed E-state index contributed by atoms with van der Waals surface area (Å²) in [6.07, 6.45) is 1.92. The number of carbonyl (C=O) groups excluding carboxylic acids is 1. The molecule has 3 saturated heterocycles. The van der Waals surface area contributed by atoms with Gasteiger partial charge in [-0.1, -0.05) is 38.1 Å². The molecule has 1 unspecified atom stereocenters. The first kappa shape index (κ1) is 22.1. The highest BCUT2D eigenvalue weighted by molar-refractivity contribution is 5.70. The summed E-state index contributed by atoms with van der Waals surface area (Å²) in [6, 6.07) is 14.1. The molecule has 33 heavy (non-hydrogen) atoms. The quantitative estimate of drug-likeness (QED) is 0.692. The molecule has 1 amide bonds. The maximum absolute atomic E-state index is 12.9. The van der Waals surface area contributed by atoms with Crippen LogP contribution in [0.3, 0.4) is 0 Å². The highest BCUT2D eigenvalue weighted by atomic mass is 16.6.